The fourth-order valence-corrected chi connectivity index (χ4v) is 5.50. The van der Waals surface area contributed by atoms with E-state index in [9.17, 15) is 14.7 Å². The average molecular weight is 585 g/mol. The maximum atomic E-state index is 15.6. The van der Waals surface area contributed by atoms with Crippen molar-refractivity contribution in [1.82, 2.24) is 9.63 Å². The molecule has 4 aromatic rings. The SMILES string of the molecule is CON(C)Cc1ccc(-n2cc(C(=O)O)c(=O)c3cc(F)c(N4CCN(c5ccc(Cl)cc5)CC4)c(Cl)c32)cc1. The van der Waals surface area contributed by atoms with Gasteiger partial charge in [-0.15, -0.1) is 0 Å². The van der Waals surface area contributed by atoms with Gasteiger partial charge in [-0.3, -0.25) is 4.79 Å². The van der Waals surface area contributed by atoms with Gasteiger partial charge in [-0.2, -0.15) is 5.06 Å². The van der Waals surface area contributed by atoms with Crippen LogP contribution in [0.5, 0.6) is 0 Å². The predicted octanol–water partition coefficient (Wildman–Crippen LogP) is 5.45. The number of nitrogens with zero attached hydrogens (tertiary/aromatic N) is 4. The van der Waals surface area contributed by atoms with Crippen LogP contribution in [0.25, 0.3) is 16.6 Å². The fourth-order valence-electron chi connectivity index (χ4n) is 4.97. The van der Waals surface area contributed by atoms with Crippen LogP contribution in [0, 0.1) is 5.82 Å². The van der Waals surface area contributed by atoms with Gasteiger partial charge in [0.2, 0.25) is 5.43 Å². The van der Waals surface area contributed by atoms with E-state index in [2.05, 4.69) is 4.90 Å². The van der Waals surface area contributed by atoms with Crippen LogP contribution in [0.2, 0.25) is 10.0 Å². The Bertz CT molecular complexity index is 1620. The number of pyridine rings is 1. The van der Waals surface area contributed by atoms with Gasteiger partial charge in [-0.1, -0.05) is 35.3 Å². The quantitative estimate of drug-likeness (QED) is 0.289. The number of aromatic carboxylic acids is 1. The molecule has 0 unspecified atom stereocenters. The van der Waals surface area contributed by atoms with Crippen LogP contribution in [0.3, 0.4) is 0 Å². The number of halogens is 3. The number of carboxylic acid groups (broad SMARTS) is 1. The van der Waals surface area contributed by atoms with Gasteiger partial charge in [-0.05, 0) is 48.0 Å². The first-order chi connectivity index (χ1) is 19.2. The van der Waals surface area contributed by atoms with Crippen molar-refractivity contribution in [1.29, 1.82) is 0 Å². The van der Waals surface area contributed by atoms with E-state index in [1.165, 1.54) is 6.20 Å². The molecule has 1 N–H and O–H groups in total. The minimum Gasteiger partial charge on any atom is -0.477 e. The summed E-state index contributed by atoms with van der Waals surface area (Å²) in [5.74, 6) is -2.08. The van der Waals surface area contributed by atoms with Crippen LogP contribution in [0.15, 0.2) is 65.6 Å². The Morgan fingerprint density at radius 1 is 1.00 bits per heavy atom. The summed E-state index contributed by atoms with van der Waals surface area (Å²) < 4.78 is 17.2. The molecule has 0 spiro atoms. The molecule has 1 aliphatic rings. The first-order valence-corrected chi connectivity index (χ1v) is 13.3. The number of hydroxylamine groups is 2. The average Bonchev–Trinajstić information content (AvgIpc) is 2.94. The predicted molar refractivity (Wildman–Crippen MR) is 156 cm³/mol. The maximum absolute atomic E-state index is 15.6. The summed E-state index contributed by atoms with van der Waals surface area (Å²) in [5.41, 5.74) is 1.70. The number of carboxylic acids is 1. The van der Waals surface area contributed by atoms with Gasteiger partial charge in [0.05, 0.1) is 28.7 Å². The standard InChI is InChI=1S/C29H27Cl2FN4O4/c1-33(40-2)16-18-3-7-21(8-4-18)36-17-23(29(38)39)28(37)22-15-24(32)27(25(31)26(22)36)35-13-11-34(12-14-35)20-9-5-19(30)6-10-20/h3-10,15,17H,11-14,16H2,1-2H3,(H,38,39). The maximum Gasteiger partial charge on any atom is 0.341 e. The molecule has 1 aromatic heterocycles. The van der Waals surface area contributed by atoms with Gasteiger partial charge in [-0.25, -0.2) is 9.18 Å². The van der Waals surface area contributed by atoms with Crippen LogP contribution in [-0.4, -0.2) is 61.0 Å². The van der Waals surface area contributed by atoms with Crippen molar-refractivity contribution in [2.75, 3.05) is 50.1 Å². The van der Waals surface area contributed by atoms with Crippen LogP contribution in [0.4, 0.5) is 15.8 Å². The Hall–Kier alpha value is -3.63. The number of fused-ring (bicyclic) bond motifs is 1. The number of piperazine rings is 1. The fraction of sp³-hybridized carbons (Fsp3) is 0.241. The Kier molecular flexibility index (Phi) is 8.00. The molecule has 5 rings (SSSR count). The number of hydrogen-bond acceptors (Lipinski definition) is 6. The van der Waals surface area contributed by atoms with E-state index in [1.54, 1.807) is 35.9 Å². The zero-order valence-corrected chi connectivity index (χ0v) is 23.4. The van der Waals surface area contributed by atoms with Crippen molar-refractivity contribution in [2.45, 2.75) is 6.54 Å². The zero-order valence-electron chi connectivity index (χ0n) is 21.9. The van der Waals surface area contributed by atoms with Crippen LogP contribution in [0.1, 0.15) is 15.9 Å². The molecule has 208 valence electrons. The van der Waals surface area contributed by atoms with E-state index in [0.717, 1.165) is 17.3 Å². The largest absolute Gasteiger partial charge is 0.477 e. The molecule has 1 saturated heterocycles. The van der Waals surface area contributed by atoms with Crippen molar-refractivity contribution in [2.24, 2.45) is 0 Å². The minimum atomic E-state index is -1.40. The third-order valence-corrected chi connectivity index (χ3v) is 7.72. The van der Waals surface area contributed by atoms with Gasteiger partial charge in [0.25, 0.3) is 0 Å². The summed E-state index contributed by atoms with van der Waals surface area (Å²) in [6.07, 6.45) is 1.25. The van der Waals surface area contributed by atoms with E-state index in [1.807, 2.05) is 41.3 Å². The summed E-state index contributed by atoms with van der Waals surface area (Å²) in [6.45, 7) is 2.75. The highest BCUT2D eigenvalue weighted by Crippen LogP contribution is 2.37. The molecule has 1 fully saturated rings. The van der Waals surface area contributed by atoms with Crippen molar-refractivity contribution in [3.05, 3.63) is 98.0 Å². The van der Waals surface area contributed by atoms with Crippen molar-refractivity contribution in [3.8, 4) is 5.69 Å². The van der Waals surface area contributed by atoms with Gasteiger partial charge in [0, 0.05) is 62.4 Å². The van der Waals surface area contributed by atoms with E-state index in [0.29, 0.717) is 43.4 Å². The van der Waals surface area contributed by atoms with Gasteiger partial charge in [0.15, 0.2) is 0 Å². The highest BCUT2D eigenvalue weighted by atomic mass is 35.5. The summed E-state index contributed by atoms with van der Waals surface area (Å²) >= 11 is 12.9. The molecule has 11 heteroatoms. The third kappa shape index (κ3) is 5.38. The summed E-state index contributed by atoms with van der Waals surface area (Å²) in [4.78, 5) is 34.2. The second-order valence-corrected chi connectivity index (χ2v) is 10.4. The zero-order chi connectivity index (χ0) is 28.6. The number of anilines is 2. The van der Waals surface area contributed by atoms with Crippen molar-refractivity contribution in [3.63, 3.8) is 0 Å². The molecule has 3 aromatic carbocycles. The van der Waals surface area contributed by atoms with E-state index >= 15 is 4.39 Å². The molecule has 0 aliphatic carbocycles. The number of hydrogen-bond donors (Lipinski definition) is 1. The molecule has 1 aliphatic heterocycles. The third-order valence-electron chi connectivity index (χ3n) is 7.11. The molecule has 0 radical (unpaired) electrons. The molecule has 0 bridgehead atoms. The minimum absolute atomic E-state index is 0.0483. The molecule has 40 heavy (non-hydrogen) atoms. The first kappa shape index (κ1) is 27.9. The second kappa shape index (κ2) is 11.5. The molecule has 0 saturated carbocycles. The summed E-state index contributed by atoms with van der Waals surface area (Å²) in [6, 6.07) is 15.9. The van der Waals surface area contributed by atoms with Gasteiger partial charge < -0.3 is 24.3 Å². The summed E-state index contributed by atoms with van der Waals surface area (Å²) in [5, 5.41) is 12.0. The lowest BCUT2D eigenvalue weighted by Gasteiger charge is -2.38. The molecule has 0 amide bonds. The smallest absolute Gasteiger partial charge is 0.341 e. The van der Waals surface area contributed by atoms with E-state index in [-0.39, 0.29) is 21.6 Å². The van der Waals surface area contributed by atoms with Crippen LogP contribution < -0.4 is 15.2 Å². The summed E-state index contributed by atoms with van der Waals surface area (Å²) in [7, 11) is 3.37. The number of carbonyl (C=O) groups is 1. The Morgan fingerprint density at radius 3 is 2.20 bits per heavy atom. The Labute approximate surface area is 240 Å². The lowest BCUT2D eigenvalue weighted by Crippen LogP contribution is -2.47. The lowest BCUT2D eigenvalue weighted by atomic mass is 10.1. The molecular formula is C29H27Cl2FN4O4. The number of benzene rings is 3. The van der Waals surface area contributed by atoms with E-state index in [4.69, 9.17) is 28.0 Å². The Balaban J connectivity index is 1.57. The van der Waals surface area contributed by atoms with Gasteiger partial charge >= 0.3 is 5.97 Å². The lowest BCUT2D eigenvalue weighted by molar-refractivity contribution is -0.116. The second-order valence-electron chi connectivity index (χ2n) is 9.55. The molecule has 0 atom stereocenters. The number of aromatic nitrogens is 1. The topological polar surface area (TPSA) is 78.2 Å². The highest BCUT2D eigenvalue weighted by molar-refractivity contribution is 6.38. The Morgan fingerprint density at radius 2 is 1.60 bits per heavy atom. The molecular weight excluding hydrogens is 558 g/mol. The van der Waals surface area contributed by atoms with Crippen LogP contribution >= 0.6 is 23.2 Å². The first-order valence-electron chi connectivity index (χ1n) is 12.6. The van der Waals surface area contributed by atoms with Crippen LogP contribution in [-0.2, 0) is 11.4 Å². The van der Waals surface area contributed by atoms with Crippen molar-refractivity contribution < 1.29 is 19.1 Å². The monoisotopic (exact) mass is 584 g/mol. The molecule has 2 heterocycles. The van der Waals surface area contributed by atoms with E-state index < -0.39 is 22.8 Å². The molecule has 8 nitrogen and oxygen atoms in total. The normalized spacial score (nSPS) is 13.8. The van der Waals surface area contributed by atoms with Gasteiger partial charge in [0.1, 0.15) is 11.4 Å². The van der Waals surface area contributed by atoms with Crippen molar-refractivity contribution >= 4 is 51.4 Å². The highest BCUT2D eigenvalue weighted by Gasteiger charge is 2.27. The number of rotatable bonds is 7.